The van der Waals surface area contributed by atoms with Crippen molar-refractivity contribution in [3.8, 4) is 11.4 Å². The molecular weight excluding hydrogens is 496 g/mol. The highest BCUT2D eigenvalue weighted by Crippen LogP contribution is 2.43. The molecule has 11 heteroatoms. The van der Waals surface area contributed by atoms with Gasteiger partial charge in [0.15, 0.2) is 5.11 Å². The summed E-state index contributed by atoms with van der Waals surface area (Å²) >= 11 is 5.82. The first-order valence-electron chi connectivity index (χ1n) is 11.1. The Morgan fingerprint density at radius 2 is 1.83 bits per heavy atom. The molecule has 1 aromatic carbocycles. The van der Waals surface area contributed by atoms with Crippen molar-refractivity contribution < 1.29 is 13.2 Å². The molecule has 2 atom stereocenters. The van der Waals surface area contributed by atoms with Crippen LogP contribution in [0.15, 0.2) is 85.5 Å². The zero-order valence-corrected chi connectivity index (χ0v) is 21.2. The van der Waals surface area contributed by atoms with Crippen molar-refractivity contribution in [3.63, 3.8) is 0 Å². The lowest BCUT2D eigenvalue weighted by Gasteiger charge is -2.29. The van der Waals surface area contributed by atoms with Gasteiger partial charge >= 0.3 is 0 Å². The van der Waals surface area contributed by atoms with Gasteiger partial charge in [0.1, 0.15) is 11.8 Å². The lowest BCUT2D eigenvalue weighted by atomic mass is 10.0. The Balaban J connectivity index is 1.67. The molecule has 0 spiro atoms. The summed E-state index contributed by atoms with van der Waals surface area (Å²) in [4.78, 5) is 10.7. The summed E-state index contributed by atoms with van der Waals surface area (Å²) in [6, 6.07) is 18.4. The maximum absolute atomic E-state index is 12.0. The van der Waals surface area contributed by atoms with E-state index in [9.17, 15) is 8.42 Å². The van der Waals surface area contributed by atoms with Crippen molar-refractivity contribution in [3.05, 3.63) is 96.8 Å². The lowest BCUT2D eigenvalue weighted by Crippen LogP contribution is -2.30. The van der Waals surface area contributed by atoms with E-state index in [0.29, 0.717) is 22.2 Å². The van der Waals surface area contributed by atoms with Gasteiger partial charge in [-0.3, -0.25) is 14.7 Å². The largest absolute Gasteiger partial charge is 0.495 e. The summed E-state index contributed by atoms with van der Waals surface area (Å²) in [5, 5.41) is 3.93. The number of hydrogen-bond acceptors (Lipinski definition) is 6. The molecule has 0 aliphatic carbocycles. The van der Waals surface area contributed by atoms with Crippen LogP contribution < -0.4 is 19.7 Å². The normalized spacial score (nSPS) is 17.6. The number of thiocarbonyl (C=S) groups is 1. The van der Waals surface area contributed by atoms with Crippen molar-refractivity contribution in [1.82, 2.24) is 19.9 Å². The molecule has 4 aromatic rings. The fourth-order valence-corrected chi connectivity index (χ4v) is 5.34. The molecule has 2 N–H and O–H groups in total. The molecule has 0 saturated carbocycles. The highest BCUT2D eigenvalue weighted by atomic mass is 32.2. The predicted molar refractivity (Wildman–Crippen MR) is 143 cm³/mol. The second kappa shape index (κ2) is 9.59. The van der Waals surface area contributed by atoms with Gasteiger partial charge in [0.05, 0.1) is 30.8 Å². The third-order valence-electron chi connectivity index (χ3n) is 5.88. The van der Waals surface area contributed by atoms with Gasteiger partial charge in [0, 0.05) is 41.9 Å². The van der Waals surface area contributed by atoms with E-state index in [-0.39, 0.29) is 12.1 Å². The van der Waals surface area contributed by atoms with Gasteiger partial charge in [-0.2, -0.15) is 0 Å². The Kier molecular flexibility index (Phi) is 6.33. The minimum atomic E-state index is -3.53. The van der Waals surface area contributed by atoms with Crippen molar-refractivity contribution in [2.24, 2.45) is 0 Å². The molecule has 4 heterocycles. The molecule has 0 radical (unpaired) electrons. The molecule has 9 nitrogen and oxygen atoms in total. The van der Waals surface area contributed by atoms with Crippen LogP contribution in [-0.2, 0) is 10.0 Å². The van der Waals surface area contributed by atoms with Crippen molar-refractivity contribution in [1.29, 1.82) is 0 Å². The van der Waals surface area contributed by atoms with Gasteiger partial charge in [-0.25, -0.2) is 8.42 Å². The fraction of sp³-hybridized carbons (Fsp3) is 0.160. The van der Waals surface area contributed by atoms with Crippen molar-refractivity contribution in [2.45, 2.75) is 12.1 Å². The van der Waals surface area contributed by atoms with E-state index in [4.69, 9.17) is 17.0 Å². The van der Waals surface area contributed by atoms with Gasteiger partial charge in [0.25, 0.3) is 0 Å². The summed E-state index contributed by atoms with van der Waals surface area (Å²) in [5.41, 5.74) is 3.78. The highest BCUT2D eigenvalue weighted by Gasteiger charge is 2.42. The first-order chi connectivity index (χ1) is 17.4. The highest BCUT2D eigenvalue weighted by molar-refractivity contribution is 7.92. The molecule has 2 unspecified atom stereocenters. The topological polar surface area (TPSA) is 101 Å². The van der Waals surface area contributed by atoms with Crippen LogP contribution >= 0.6 is 12.2 Å². The fourth-order valence-electron chi connectivity index (χ4n) is 4.43. The number of methoxy groups -OCH3 is 1. The number of nitrogens with zero attached hydrogens (tertiary/aromatic N) is 4. The number of anilines is 2. The monoisotopic (exact) mass is 520 g/mol. The van der Waals surface area contributed by atoms with Crippen LogP contribution in [0.25, 0.3) is 5.69 Å². The van der Waals surface area contributed by atoms with Crippen molar-refractivity contribution in [2.75, 3.05) is 23.0 Å². The number of aromatic nitrogens is 3. The zero-order valence-electron chi connectivity index (χ0n) is 19.6. The second-order valence-electron chi connectivity index (χ2n) is 8.26. The maximum Gasteiger partial charge on any atom is 0.229 e. The van der Waals surface area contributed by atoms with Crippen LogP contribution in [0.4, 0.5) is 11.4 Å². The molecular formula is C25H24N6O3S2. The predicted octanol–water partition coefficient (Wildman–Crippen LogP) is 3.82. The van der Waals surface area contributed by atoms with Gasteiger partial charge in [-0.1, -0.05) is 6.07 Å². The quantitative estimate of drug-likeness (QED) is 0.355. The first kappa shape index (κ1) is 23.8. The van der Waals surface area contributed by atoms with E-state index in [1.54, 1.807) is 30.7 Å². The van der Waals surface area contributed by atoms with E-state index in [0.717, 1.165) is 23.3 Å². The minimum absolute atomic E-state index is 0.261. The SMILES string of the molecule is COc1ccc(N2C(=S)NC(c3ccccn3)C2c2cccn2-c2ccncc2)cc1NS(C)(=O)=O. The van der Waals surface area contributed by atoms with E-state index in [1.165, 1.54) is 7.11 Å². The summed E-state index contributed by atoms with van der Waals surface area (Å²) in [6.07, 6.45) is 8.34. The second-order valence-corrected chi connectivity index (χ2v) is 10.4. The third kappa shape index (κ3) is 4.62. The number of benzene rings is 1. The van der Waals surface area contributed by atoms with E-state index < -0.39 is 10.0 Å². The van der Waals surface area contributed by atoms with Crippen molar-refractivity contribution >= 4 is 38.7 Å². The number of pyridine rings is 2. The molecule has 36 heavy (non-hydrogen) atoms. The van der Waals surface area contributed by atoms with Gasteiger partial charge in [0.2, 0.25) is 10.0 Å². The molecule has 184 valence electrons. The lowest BCUT2D eigenvalue weighted by molar-refractivity contribution is 0.417. The third-order valence-corrected chi connectivity index (χ3v) is 6.78. The standard InChI is InChI=1S/C25H24N6O3S2/c1-34-22-9-8-18(16-20(22)29-36(2,32)33)31-24(23(28-25(31)35)19-6-3-4-12-27-19)21-7-5-15-30(21)17-10-13-26-14-11-17/h3-16,23-24,29H,1-2H3,(H,28,35). The summed E-state index contributed by atoms with van der Waals surface area (Å²) in [6.45, 7) is 0. The van der Waals surface area contributed by atoms with E-state index in [2.05, 4.69) is 24.6 Å². The van der Waals surface area contributed by atoms with Crippen LogP contribution in [0.5, 0.6) is 5.75 Å². The van der Waals surface area contributed by atoms with Crippen LogP contribution in [0.3, 0.4) is 0 Å². The van der Waals surface area contributed by atoms with E-state index in [1.807, 2.05) is 59.6 Å². The molecule has 5 rings (SSSR count). The van der Waals surface area contributed by atoms with Crippen LogP contribution in [0.1, 0.15) is 23.5 Å². The number of rotatable bonds is 7. The molecule has 1 aliphatic rings. The molecule has 3 aromatic heterocycles. The molecule has 1 fully saturated rings. The Morgan fingerprint density at radius 1 is 1.03 bits per heavy atom. The summed E-state index contributed by atoms with van der Waals surface area (Å²) in [5.74, 6) is 0.403. The average molecular weight is 521 g/mol. The summed E-state index contributed by atoms with van der Waals surface area (Å²) < 4.78 is 34.1. The first-order valence-corrected chi connectivity index (χ1v) is 13.4. The molecule has 1 saturated heterocycles. The van der Waals surface area contributed by atoms with Gasteiger partial charge < -0.3 is 19.5 Å². The van der Waals surface area contributed by atoms with Gasteiger partial charge in [-0.15, -0.1) is 0 Å². The molecule has 0 bridgehead atoms. The van der Waals surface area contributed by atoms with Crippen LogP contribution in [0, 0.1) is 0 Å². The minimum Gasteiger partial charge on any atom is -0.495 e. The number of hydrogen-bond donors (Lipinski definition) is 2. The average Bonchev–Trinajstić information content (AvgIpc) is 3.48. The Hall–Kier alpha value is -3.96. The Morgan fingerprint density at radius 3 is 2.53 bits per heavy atom. The molecule has 1 aliphatic heterocycles. The molecule has 0 amide bonds. The Labute approximate surface area is 214 Å². The maximum atomic E-state index is 12.0. The summed E-state index contributed by atoms with van der Waals surface area (Å²) in [7, 11) is -2.04. The number of nitrogens with one attached hydrogen (secondary N) is 2. The van der Waals surface area contributed by atoms with E-state index >= 15 is 0 Å². The Bertz CT molecular complexity index is 1490. The smallest absolute Gasteiger partial charge is 0.229 e. The van der Waals surface area contributed by atoms with Crippen LogP contribution in [0.2, 0.25) is 0 Å². The zero-order chi connectivity index (χ0) is 25.3. The number of sulfonamides is 1. The van der Waals surface area contributed by atoms with Crippen LogP contribution in [-0.4, -0.2) is 41.4 Å². The number of ether oxygens (including phenoxy) is 1. The van der Waals surface area contributed by atoms with Gasteiger partial charge in [-0.05, 0) is 66.8 Å².